The quantitative estimate of drug-likeness (QED) is 0.556. The number of halogens is 2. The van der Waals surface area contributed by atoms with Crippen molar-refractivity contribution in [3.8, 4) is 0 Å². The molecule has 0 bridgehead atoms. The Morgan fingerprint density at radius 1 is 1.19 bits per heavy atom. The lowest BCUT2D eigenvalue weighted by molar-refractivity contribution is -0.109. The molecular formula is C27H41F2NO2. The molecule has 3 saturated carbocycles. The highest BCUT2D eigenvalue weighted by Crippen LogP contribution is 2.59. The summed E-state index contributed by atoms with van der Waals surface area (Å²) in [4.78, 5) is 2.22. The Morgan fingerprint density at radius 3 is 2.47 bits per heavy atom. The monoisotopic (exact) mass is 449 g/mol. The Bertz CT molecular complexity index is 763. The van der Waals surface area contributed by atoms with Crippen LogP contribution in [-0.2, 0) is 0 Å². The summed E-state index contributed by atoms with van der Waals surface area (Å²) in [5.41, 5.74) is 3.42. The van der Waals surface area contributed by atoms with E-state index in [1.54, 1.807) is 0 Å². The molecule has 1 unspecified atom stereocenters. The van der Waals surface area contributed by atoms with Gasteiger partial charge in [0.05, 0.1) is 12.2 Å². The van der Waals surface area contributed by atoms with Gasteiger partial charge in [-0.05, 0) is 80.6 Å². The highest BCUT2D eigenvalue weighted by Gasteiger charge is 2.51. The molecule has 2 N–H and O–H groups in total. The second-order valence-corrected chi connectivity index (χ2v) is 11.5. The van der Waals surface area contributed by atoms with Crippen LogP contribution in [0, 0.1) is 29.1 Å². The first-order chi connectivity index (χ1) is 15.0. The van der Waals surface area contributed by atoms with Crippen LogP contribution in [0.2, 0.25) is 0 Å². The first-order valence-electron chi connectivity index (χ1n) is 12.5. The standard InChI is InChI=1S/C27H41F2NO2/c1-17(14-30-15-21(16-30)27(4,28)29)22-9-10-23-20(6-5-11-26(22,23)3)8-7-19-12-24(31)18(2)25(32)13-19/h7-8,17,21-25,31-32H,2,5-6,9-16H2,1,3-4H3/b20-8+/t17?,22-,23+,24-,25-,26-/m1/s1. The normalized spacial score (nSPS) is 39.2. The smallest absolute Gasteiger partial charge is 0.250 e. The molecule has 1 saturated heterocycles. The van der Waals surface area contributed by atoms with Crippen LogP contribution in [0.5, 0.6) is 0 Å². The number of rotatable bonds is 5. The van der Waals surface area contributed by atoms with E-state index in [9.17, 15) is 19.0 Å². The number of aliphatic hydroxyl groups excluding tert-OH is 2. The first-order valence-corrected chi connectivity index (χ1v) is 12.5. The summed E-state index contributed by atoms with van der Waals surface area (Å²) in [6.45, 7) is 11.6. The van der Waals surface area contributed by atoms with E-state index in [4.69, 9.17) is 0 Å². The lowest BCUT2D eigenvalue weighted by Gasteiger charge is -2.47. The van der Waals surface area contributed by atoms with Gasteiger partial charge in [0.1, 0.15) is 0 Å². The molecule has 4 fully saturated rings. The fraction of sp³-hybridized carbons (Fsp3) is 0.778. The van der Waals surface area contributed by atoms with Crippen molar-refractivity contribution >= 4 is 0 Å². The number of allylic oxidation sites excluding steroid dienone is 3. The summed E-state index contributed by atoms with van der Waals surface area (Å²) < 4.78 is 27.0. The van der Waals surface area contributed by atoms with E-state index in [1.807, 2.05) is 0 Å². The predicted octanol–water partition coefficient (Wildman–Crippen LogP) is 5.35. The molecule has 1 heterocycles. The summed E-state index contributed by atoms with van der Waals surface area (Å²) in [6.07, 6.45) is 10.2. The van der Waals surface area contributed by atoms with E-state index < -0.39 is 24.0 Å². The number of fused-ring (bicyclic) bond motifs is 1. The minimum Gasteiger partial charge on any atom is -0.388 e. The molecule has 0 aromatic carbocycles. The van der Waals surface area contributed by atoms with Crippen molar-refractivity contribution in [1.82, 2.24) is 4.90 Å². The first kappa shape index (κ1) is 24.1. The minimum absolute atomic E-state index is 0.279. The lowest BCUT2D eigenvalue weighted by Crippen LogP contribution is -2.55. The van der Waals surface area contributed by atoms with Crippen LogP contribution in [0.1, 0.15) is 65.7 Å². The highest BCUT2D eigenvalue weighted by molar-refractivity contribution is 5.29. The summed E-state index contributed by atoms with van der Waals surface area (Å²) >= 11 is 0. The van der Waals surface area contributed by atoms with E-state index in [2.05, 4.69) is 37.5 Å². The Balaban J connectivity index is 1.40. The number of hydrogen-bond acceptors (Lipinski definition) is 3. The van der Waals surface area contributed by atoms with Gasteiger partial charge >= 0.3 is 0 Å². The summed E-state index contributed by atoms with van der Waals surface area (Å²) in [7, 11) is 0. The van der Waals surface area contributed by atoms with Crippen molar-refractivity contribution in [1.29, 1.82) is 0 Å². The second-order valence-electron chi connectivity index (χ2n) is 11.5. The maximum Gasteiger partial charge on any atom is 0.250 e. The van der Waals surface area contributed by atoms with Crippen molar-refractivity contribution < 1.29 is 19.0 Å². The van der Waals surface area contributed by atoms with Crippen LogP contribution in [0.15, 0.2) is 35.5 Å². The SMILES string of the molecule is C=C1[C@H](O)CC(=C/C=C2\CCC[C@]3(C)[C@@H](C(C)CN4CC(C(C)(F)F)C4)CC[C@@H]23)C[C@H]1O. The van der Waals surface area contributed by atoms with Crippen molar-refractivity contribution in [3.63, 3.8) is 0 Å². The van der Waals surface area contributed by atoms with E-state index in [0.717, 1.165) is 25.5 Å². The van der Waals surface area contributed by atoms with Gasteiger partial charge in [-0.25, -0.2) is 8.78 Å². The maximum atomic E-state index is 13.5. The van der Waals surface area contributed by atoms with Crippen LogP contribution in [-0.4, -0.2) is 52.9 Å². The van der Waals surface area contributed by atoms with Gasteiger partial charge in [-0.15, -0.1) is 0 Å². The van der Waals surface area contributed by atoms with Gasteiger partial charge in [-0.1, -0.05) is 43.7 Å². The molecule has 0 spiro atoms. The minimum atomic E-state index is -2.56. The topological polar surface area (TPSA) is 43.7 Å². The summed E-state index contributed by atoms with van der Waals surface area (Å²) in [5.74, 6) is -1.30. The Morgan fingerprint density at radius 2 is 1.84 bits per heavy atom. The molecule has 6 atom stereocenters. The molecule has 3 aliphatic carbocycles. The van der Waals surface area contributed by atoms with Crippen LogP contribution in [0.25, 0.3) is 0 Å². The van der Waals surface area contributed by atoms with E-state index in [0.29, 0.717) is 49.3 Å². The third kappa shape index (κ3) is 4.63. The number of aliphatic hydroxyl groups is 2. The third-order valence-electron chi connectivity index (χ3n) is 9.25. The fourth-order valence-electron chi connectivity index (χ4n) is 7.21. The average Bonchev–Trinajstić information content (AvgIpc) is 3.03. The molecule has 4 aliphatic rings. The number of nitrogens with zero attached hydrogens (tertiary/aromatic N) is 1. The zero-order valence-electron chi connectivity index (χ0n) is 20.0. The molecular weight excluding hydrogens is 408 g/mol. The van der Waals surface area contributed by atoms with Gasteiger partial charge in [0, 0.05) is 25.6 Å². The lowest BCUT2D eigenvalue weighted by atomic mass is 9.61. The molecule has 32 heavy (non-hydrogen) atoms. The van der Waals surface area contributed by atoms with Crippen molar-refractivity contribution in [2.45, 2.75) is 83.8 Å². The number of hydrogen-bond donors (Lipinski definition) is 2. The van der Waals surface area contributed by atoms with Gasteiger partial charge in [0.15, 0.2) is 0 Å². The molecule has 180 valence electrons. The van der Waals surface area contributed by atoms with Crippen LogP contribution < -0.4 is 0 Å². The zero-order valence-corrected chi connectivity index (χ0v) is 20.0. The average molecular weight is 450 g/mol. The summed E-state index contributed by atoms with van der Waals surface area (Å²) in [5, 5.41) is 20.3. The molecule has 4 rings (SSSR count). The number of likely N-dealkylation sites (tertiary alicyclic amines) is 1. The van der Waals surface area contributed by atoms with Gasteiger partial charge in [-0.2, -0.15) is 0 Å². The molecule has 3 nitrogen and oxygen atoms in total. The van der Waals surface area contributed by atoms with Crippen molar-refractivity contribution in [3.05, 3.63) is 35.5 Å². The molecule has 0 radical (unpaired) electrons. The maximum absolute atomic E-state index is 13.5. The van der Waals surface area contributed by atoms with E-state index >= 15 is 0 Å². The van der Waals surface area contributed by atoms with Gasteiger partial charge < -0.3 is 15.1 Å². The largest absolute Gasteiger partial charge is 0.388 e. The molecule has 1 aliphatic heterocycles. The third-order valence-corrected chi connectivity index (χ3v) is 9.25. The highest BCUT2D eigenvalue weighted by atomic mass is 19.3. The zero-order chi connectivity index (χ0) is 23.3. The van der Waals surface area contributed by atoms with Gasteiger partial charge in [-0.3, -0.25) is 0 Å². The van der Waals surface area contributed by atoms with E-state index in [1.165, 1.54) is 31.3 Å². The Kier molecular flexibility index (Phi) is 6.75. The van der Waals surface area contributed by atoms with E-state index in [-0.39, 0.29) is 5.41 Å². The van der Waals surface area contributed by atoms with Crippen molar-refractivity contribution in [2.75, 3.05) is 19.6 Å². The molecule has 0 aromatic heterocycles. The molecule has 0 amide bonds. The van der Waals surface area contributed by atoms with Crippen molar-refractivity contribution in [2.24, 2.45) is 29.1 Å². The Hall–Kier alpha value is -1.04. The molecule has 5 heteroatoms. The van der Waals surface area contributed by atoms with Crippen LogP contribution in [0.3, 0.4) is 0 Å². The summed E-state index contributed by atoms with van der Waals surface area (Å²) in [6, 6.07) is 0. The predicted molar refractivity (Wildman–Crippen MR) is 124 cm³/mol. The van der Waals surface area contributed by atoms with Gasteiger partial charge in [0.25, 0.3) is 5.92 Å². The van der Waals surface area contributed by atoms with Crippen LogP contribution >= 0.6 is 0 Å². The fourth-order valence-corrected chi connectivity index (χ4v) is 7.21. The molecule has 0 aromatic rings. The van der Waals surface area contributed by atoms with Gasteiger partial charge in [0.2, 0.25) is 0 Å². The number of alkyl halides is 2. The second kappa shape index (κ2) is 8.96. The van der Waals surface area contributed by atoms with Crippen LogP contribution in [0.4, 0.5) is 8.78 Å². The Labute approximate surface area is 192 Å².